The van der Waals surface area contributed by atoms with Gasteiger partial charge in [-0.3, -0.25) is 9.59 Å². The van der Waals surface area contributed by atoms with Gasteiger partial charge in [-0.2, -0.15) is 0 Å². The van der Waals surface area contributed by atoms with Crippen molar-refractivity contribution in [2.75, 3.05) is 14.2 Å². The van der Waals surface area contributed by atoms with Gasteiger partial charge in [0.2, 0.25) is 0 Å². The largest absolute Gasteiger partial charge is 0.468 e. The number of fused-ring (bicyclic) bond motifs is 1. The standard InChI is InChI=1S/C17H18O4/c1-20-15(18)17(16(19)21-2)9-12-8-13(14(12)10-17)11-6-4-3-5-7-11/h3-8,12,14H,9-10H2,1-2H3/t12-,14+/m1/s1. The molecule has 0 radical (unpaired) electrons. The first-order valence-electron chi connectivity index (χ1n) is 7.06. The number of methoxy groups -OCH3 is 2. The van der Waals surface area contributed by atoms with Crippen LogP contribution < -0.4 is 0 Å². The molecule has 0 aliphatic heterocycles. The predicted molar refractivity (Wildman–Crippen MR) is 77.1 cm³/mol. The summed E-state index contributed by atoms with van der Waals surface area (Å²) >= 11 is 0. The van der Waals surface area contributed by atoms with E-state index in [1.807, 2.05) is 18.2 Å². The first-order chi connectivity index (χ1) is 10.1. The van der Waals surface area contributed by atoms with Gasteiger partial charge in [-0.25, -0.2) is 0 Å². The topological polar surface area (TPSA) is 52.6 Å². The Morgan fingerprint density at radius 2 is 1.67 bits per heavy atom. The monoisotopic (exact) mass is 286 g/mol. The van der Waals surface area contributed by atoms with Gasteiger partial charge in [0.15, 0.2) is 5.41 Å². The molecule has 0 unspecified atom stereocenters. The summed E-state index contributed by atoms with van der Waals surface area (Å²) in [6.45, 7) is 0. The molecule has 2 atom stereocenters. The maximum absolute atomic E-state index is 12.2. The molecule has 0 spiro atoms. The van der Waals surface area contributed by atoms with Crippen molar-refractivity contribution in [1.82, 2.24) is 0 Å². The van der Waals surface area contributed by atoms with Crippen molar-refractivity contribution in [2.45, 2.75) is 12.8 Å². The lowest BCUT2D eigenvalue weighted by Gasteiger charge is -2.30. The van der Waals surface area contributed by atoms with Gasteiger partial charge >= 0.3 is 11.9 Å². The molecule has 1 saturated carbocycles. The Morgan fingerprint density at radius 1 is 1.05 bits per heavy atom. The molecular weight excluding hydrogens is 268 g/mol. The minimum absolute atomic E-state index is 0.227. The molecule has 2 aliphatic rings. The maximum atomic E-state index is 12.2. The number of allylic oxidation sites excluding steroid dienone is 2. The SMILES string of the molecule is COC(=O)C1(C(=O)OC)C[C@H]2C=C(c3ccccc3)[C@H]2C1. The third kappa shape index (κ3) is 1.97. The molecule has 0 bridgehead atoms. The van der Waals surface area contributed by atoms with E-state index < -0.39 is 17.4 Å². The molecule has 3 rings (SSSR count). The van der Waals surface area contributed by atoms with Gasteiger partial charge in [-0.05, 0) is 35.8 Å². The van der Waals surface area contributed by atoms with Crippen LogP contribution in [-0.4, -0.2) is 26.2 Å². The van der Waals surface area contributed by atoms with Gasteiger partial charge in [0.1, 0.15) is 0 Å². The average molecular weight is 286 g/mol. The number of hydrogen-bond donors (Lipinski definition) is 0. The van der Waals surface area contributed by atoms with Gasteiger partial charge in [0.25, 0.3) is 0 Å². The van der Waals surface area contributed by atoms with Crippen LogP contribution in [0.25, 0.3) is 5.57 Å². The number of hydrogen-bond acceptors (Lipinski definition) is 4. The first-order valence-corrected chi connectivity index (χ1v) is 7.06. The zero-order chi connectivity index (χ0) is 15.0. The molecule has 0 saturated heterocycles. The van der Waals surface area contributed by atoms with E-state index in [4.69, 9.17) is 9.47 Å². The molecule has 0 aromatic heterocycles. The van der Waals surface area contributed by atoms with Crippen molar-refractivity contribution >= 4 is 17.5 Å². The van der Waals surface area contributed by atoms with Crippen LogP contribution in [0.15, 0.2) is 36.4 Å². The van der Waals surface area contributed by atoms with E-state index in [1.165, 1.54) is 19.8 Å². The maximum Gasteiger partial charge on any atom is 0.323 e. The number of ether oxygens (including phenoxy) is 2. The summed E-state index contributed by atoms with van der Waals surface area (Å²) in [7, 11) is 2.64. The van der Waals surface area contributed by atoms with Gasteiger partial charge in [-0.1, -0.05) is 36.4 Å². The third-order valence-corrected chi connectivity index (χ3v) is 4.72. The molecule has 4 nitrogen and oxygen atoms in total. The van der Waals surface area contributed by atoms with Gasteiger partial charge in [0, 0.05) is 0 Å². The minimum Gasteiger partial charge on any atom is -0.468 e. The Labute approximate surface area is 123 Å². The highest BCUT2D eigenvalue weighted by Gasteiger charge is 2.59. The lowest BCUT2D eigenvalue weighted by Crippen LogP contribution is -2.39. The van der Waals surface area contributed by atoms with Crippen molar-refractivity contribution in [2.24, 2.45) is 17.3 Å². The van der Waals surface area contributed by atoms with Crippen molar-refractivity contribution in [1.29, 1.82) is 0 Å². The highest BCUT2D eigenvalue weighted by Crippen LogP contribution is 2.58. The molecule has 1 aromatic carbocycles. The second kappa shape index (κ2) is 5.02. The number of rotatable bonds is 3. The molecule has 1 fully saturated rings. The summed E-state index contributed by atoms with van der Waals surface area (Å²) in [5.74, 6) is -0.488. The van der Waals surface area contributed by atoms with Gasteiger partial charge in [-0.15, -0.1) is 0 Å². The summed E-state index contributed by atoms with van der Waals surface area (Å²) in [5.41, 5.74) is 1.23. The van der Waals surface area contributed by atoms with Gasteiger partial charge in [0.05, 0.1) is 14.2 Å². The van der Waals surface area contributed by atoms with Crippen LogP contribution in [0.4, 0.5) is 0 Å². The van der Waals surface area contributed by atoms with E-state index in [0.717, 1.165) is 5.56 Å². The van der Waals surface area contributed by atoms with E-state index in [0.29, 0.717) is 12.8 Å². The molecule has 110 valence electrons. The van der Waals surface area contributed by atoms with Crippen LogP contribution >= 0.6 is 0 Å². The summed E-state index contributed by atoms with van der Waals surface area (Å²) in [5, 5.41) is 0. The van der Waals surface area contributed by atoms with Crippen molar-refractivity contribution < 1.29 is 19.1 Å². The highest BCUT2D eigenvalue weighted by molar-refractivity contribution is 6.01. The van der Waals surface area contributed by atoms with Crippen LogP contribution in [0.1, 0.15) is 18.4 Å². The Morgan fingerprint density at radius 3 is 2.24 bits per heavy atom. The number of carbonyl (C=O) groups excluding carboxylic acids is 2. The molecule has 21 heavy (non-hydrogen) atoms. The summed E-state index contributed by atoms with van der Waals surface area (Å²) in [4.78, 5) is 24.3. The van der Waals surface area contributed by atoms with Crippen LogP contribution in [0.3, 0.4) is 0 Å². The summed E-state index contributed by atoms with van der Waals surface area (Å²) < 4.78 is 9.73. The van der Waals surface area contributed by atoms with E-state index in [2.05, 4.69) is 18.2 Å². The highest BCUT2D eigenvalue weighted by atomic mass is 16.5. The summed E-state index contributed by atoms with van der Waals surface area (Å²) in [6, 6.07) is 10.1. The quantitative estimate of drug-likeness (QED) is 0.632. The number of benzene rings is 1. The van der Waals surface area contributed by atoms with Crippen LogP contribution in [-0.2, 0) is 19.1 Å². The molecule has 0 amide bonds. The Hall–Kier alpha value is -2.10. The molecule has 4 heteroatoms. The van der Waals surface area contributed by atoms with Crippen LogP contribution in [0, 0.1) is 17.3 Å². The van der Waals surface area contributed by atoms with Crippen LogP contribution in [0.5, 0.6) is 0 Å². The summed E-state index contributed by atoms with van der Waals surface area (Å²) in [6.07, 6.45) is 3.11. The van der Waals surface area contributed by atoms with Crippen molar-refractivity contribution in [3.05, 3.63) is 42.0 Å². The number of esters is 2. The molecule has 0 heterocycles. The fraction of sp³-hybridized carbons (Fsp3) is 0.412. The molecule has 0 N–H and O–H groups in total. The minimum atomic E-state index is -1.15. The smallest absolute Gasteiger partial charge is 0.323 e. The Balaban J connectivity index is 1.87. The average Bonchev–Trinajstić information content (AvgIpc) is 2.82. The molecule has 2 aliphatic carbocycles. The normalized spacial score (nSPS) is 25.3. The van der Waals surface area contributed by atoms with Gasteiger partial charge < -0.3 is 9.47 Å². The predicted octanol–water partition coefficient (Wildman–Crippen LogP) is 2.44. The van der Waals surface area contributed by atoms with E-state index in [-0.39, 0.29) is 11.8 Å². The Kier molecular flexibility index (Phi) is 3.32. The zero-order valence-electron chi connectivity index (χ0n) is 12.2. The second-order valence-corrected chi connectivity index (χ2v) is 5.73. The fourth-order valence-corrected chi connectivity index (χ4v) is 3.65. The zero-order valence-corrected chi connectivity index (χ0v) is 12.2. The van der Waals surface area contributed by atoms with E-state index in [9.17, 15) is 9.59 Å². The van der Waals surface area contributed by atoms with Crippen molar-refractivity contribution in [3.8, 4) is 0 Å². The lowest BCUT2D eigenvalue weighted by atomic mass is 9.74. The number of carbonyl (C=O) groups is 2. The van der Waals surface area contributed by atoms with Crippen molar-refractivity contribution in [3.63, 3.8) is 0 Å². The second-order valence-electron chi connectivity index (χ2n) is 5.73. The molecular formula is C17H18O4. The fourth-order valence-electron chi connectivity index (χ4n) is 3.65. The van der Waals surface area contributed by atoms with Crippen LogP contribution in [0.2, 0.25) is 0 Å². The van der Waals surface area contributed by atoms with E-state index >= 15 is 0 Å². The lowest BCUT2D eigenvalue weighted by molar-refractivity contribution is -0.168. The van der Waals surface area contributed by atoms with E-state index in [1.54, 1.807) is 0 Å². The molecule has 1 aromatic rings. The first kappa shape index (κ1) is 13.9. The third-order valence-electron chi connectivity index (χ3n) is 4.72. The Bertz CT molecular complexity index is 586.